The van der Waals surface area contributed by atoms with Crippen molar-refractivity contribution >= 4 is 0 Å². The van der Waals surface area contributed by atoms with Crippen molar-refractivity contribution < 1.29 is 29.2 Å². The van der Waals surface area contributed by atoms with Crippen LogP contribution < -0.4 is 18.9 Å². The molecule has 45 heavy (non-hydrogen) atoms. The van der Waals surface area contributed by atoms with Gasteiger partial charge >= 0.3 is 0 Å². The number of benzene rings is 4. The summed E-state index contributed by atoms with van der Waals surface area (Å²) in [5, 5.41) is 22.5. The highest BCUT2D eigenvalue weighted by molar-refractivity contribution is 5.77. The normalized spacial score (nSPS) is 19.3. The zero-order valence-electron chi connectivity index (χ0n) is 26.5. The van der Waals surface area contributed by atoms with E-state index < -0.39 is 0 Å². The summed E-state index contributed by atoms with van der Waals surface area (Å²) in [4.78, 5) is 4.68. The van der Waals surface area contributed by atoms with Gasteiger partial charge in [0.2, 0.25) is 5.75 Å². The van der Waals surface area contributed by atoms with E-state index in [1.54, 1.807) is 27.4 Å². The molecule has 3 aliphatic rings. The molecule has 0 aromatic heterocycles. The molecule has 8 heteroatoms. The second-order valence-electron chi connectivity index (χ2n) is 12.4. The quantitative estimate of drug-likeness (QED) is 0.275. The number of ether oxygens (including phenoxy) is 4. The number of nitrogens with zero attached hydrogens (tertiary/aromatic N) is 2. The Labute approximate surface area is 264 Å². The third-order valence-electron chi connectivity index (χ3n) is 9.88. The highest BCUT2D eigenvalue weighted by Crippen LogP contribution is 2.52. The maximum absolute atomic E-state index is 11.3. The van der Waals surface area contributed by atoms with Crippen LogP contribution in [0.1, 0.15) is 45.5 Å². The number of phenolic OH excluding ortho intramolecular Hbond substituents is 2. The molecule has 0 aliphatic carbocycles. The third kappa shape index (κ3) is 5.02. The molecule has 4 aromatic carbocycles. The minimum Gasteiger partial charge on any atom is -0.507 e. The lowest BCUT2D eigenvalue weighted by atomic mass is 9.86. The van der Waals surface area contributed by atoms with Gasteiger partial charge in [0.05, 0.1) is 21.3 Å². The Hall–Kier alpha value is -4.40. The standard InChI is InChI=1S/C37H40N2O6/c1-38-12-10-23-18-31(41)33-20-25(23)28(38)16-21-6-8-30(40)26(14-21)27-15-22(7-9-32(27)42-3)17-29-35-24(11-13-39(29)2)19-34(43-4)36(44-5)37(35)45-33/h6-9,14-15,18-20,28-29,40-41H,10-13,16-17H2,1-5H3/t28?,29-/m1/s1. The Balaban J connectivity index is 1.52. The average molecular weight is 609 g/mol. The van der Waals surface area contributed by atoms with Crippen LogP contribution in [0.15, 0.2) is 54.6 Å². The molecule has 4 aromatic rings. The van der Waals surface area contributed by atoms with E-state index >= 15 is 0 Å². The van der Waals surface area contributed by atoms with Crippen LogP contribution in [0, 0.1) is 0 Å². The maximum Gasteiger partial charge on any atom is 0.204 e. The fourth-order valence-electron chi connectivity index (χ4n) is 7.40. The van der Waals surface area contributed by atoms with Crippen molar-refractivity contribution in [3.8, 4) is 51.4 Å². The van der Waals surface area contributed by atoms with Crippen molar-refractivity contribution in [2.75, 3.05) is 48.5 Å². The van der Waals surface area contributed by atoms with Gasteiger partial charge in [-0.25, -0.2) is 0 Å². The van der Waals surface area contributed by atoms with Crippen molar-refractivity contribution in [3.05, 3.63) is 88.0 Å². The Bertz CT molecular complexity index is 1790. The van der Waals surface area contributed by atoms with Crippen LogP contribution >= 0.6 is 0 Å². The largest absolute Gasteiger partial charge is 0.507 e. The van der Waals surface area contributed by atoms with E-state index in [1.165, 1.54) is 0 Å². The van der Waals surface area contributed by atoms with Crippen molar-refractivity contribution in [1.82, 2.24) is 9.80 Å². The van der Waals surface area contributed by atoms with Gasteiger partial charge in [-0.05, 0) is 110 Å². The van der Waals surface area contributed by atoms with Gasteiger partial charge < -0.3 is 29.2 Å². The monoisotopic (exact) mass is 608 g/mol. The number of likely N-dealkylation sites (N-methyl/N-ethyl adjacent to an activating group) is 2. The van der Waals surface area contributed by atoms with Crippen LogP contribution in [0.25, 0.3) is 11.1 Å². The van der Waals surface area contributed by atoms with E-state index in [0.717, 1.165) is 70.4 Å². The maximum atomic E-state index is 11.3. The van der Waals surface area contributed by atoms with Crippen LogP contribution in [0.3, 0.4) is 0 Å². The van der Waals surface area contributed by atoms with Gasteiger partial charge in [-0.15, -0.1) is 0 Å². The molecule has 0 radical (unpaired) electrons. The molecule has 0 fully saturated rings. The number of aromatic hydroxyl groups is 2. The summed E-state index contributed by atoms with van der Waals surface area (Å²) in [7, 11) is 9.19. The van der Waals surface area contributed by atoms with Crippen LogP contribution in [-0.2, 0) is 25.7 Å². The number of phenols is 2. The first-order valence-corrected chi connectivity index (χ1v) is 15.5. The molecule has 1 unspecified atom stereocenters. The molecule has 3 heterocycles. The van der Waals surface area contributed by atoms with Crippen molar-refractivity contribution in [1.29, 1.82) is 0 Å². The van der Waals surface area contributed by atoms with Crippen LogP contribution in [-0.4, -0.2) is 68.5 Å². The molecular formula is C37H40N2O6. The van der Waals surface area contributed by atoms with E-state index in [-0.39, 0.29) is 23.6 Å². The SMILES string of the molecule is COc1ccc2cc1-c1cc(ccc1O)CC1c3cc(c(O)cc3CCN1C)Oc1c(OC)c(OC)cc3c1[C@@H](C2)N(C)CC3. The van der Waals surface area contributed by atoms with E-state index in [2.05, 4.69) is 48.2 Å². The van der Waals surface area contributed by atoms with Gasteiger partial charge in [-0.2, -0.15) is 0 Å². The summed E-state index contributed by atoms with van der Waals surface area (Å²) in [6.07, 6.45) is 3.03. The minimum atomic E-state index is -0.0590. The highest BCUT2D eigenvalue weighted by Gasteiger charge is 2.34. The first-order valence-electron chi connectivity index (χ1n) is 15.5. The summed E-state index contributed by atoms with van der Waals surface area (Å²) >= 11 is 0. The summed E-state index contributed by atoms with van der Waals surface area (Å²) in [5.74, 6) is 3.07. The number of rotatable bonds is 3. The average Bonchev–Trinajstić information content (AvgIpc) is 3.04. The predicted octanol–water partition coefficient (Wildman–Crippen LogP) is 6.44. The molecule has 0 amide bonds. The van der Waals surface area contributed by atoms with Crippen molar-refractivity contribution in [3.63, 3.8) is 0 Å². The third-order valence-corrected chi connectivity index (χ3v) is 9.88. The van der Waals surface area contributed by atoms with E-state index in [9.17, 15) is 10.2 Å². The van der Waals surface area contributed by atoms with E-state index in [4.69, 9.17) is 18.9 Å². The summed E-state index contributed by atoms with van der Waals surface area (Å²) in [6, 6.07) is 17.9. The lowest BCUT2D eigenvalue weighted by molar-refractivity contribution is 0.220. The fraction of sp³-hybridized carbons (Fsp3) is 0.351. The van der Waals surface area contributed by atoms with E-state index in [0.29, 0.717) is 41.6 Å². The molecular weight excluding hydrogens is 568 g/mol. The number of fused-ring (bicyclic) bond motifs is 6. The first-order chi connectivity index (χ1) is 21.8. The summed E-state index contributed by atoms with van der Waals surface area (Å²) in [6.45, 7) is 1.72. The fourth-order valence-corrected chi connectivity index (χ4v) is 7.40. The zero-order chi connectivity index (χ0) is 31.4. The molecule has 0 spiro atoms. The van der Waals surface area contributed by atoms with Gasteiger partial charge in [0.1, 0.15) is 11.5 Å². The number of hydrogen-bond donors (Lipinski definition) is 2. The van der Waals surface area contributed by atoms with Gasteiger partial charge in [0, 0.05) is 41.9 Å². The Morgan fingerprint density at radius 1 is 0.689 bits per heavy atom. The highest BCUT2D eigenvalue weighted by atomic mass is 16.5. The second-order valence-corrected chi connectivity index (χ2v) is 12.4. The van der Waals surface area contributed by atoms with Crippen molar-refractivity contribution in [2.45, 2.75) is 37.8 Å². The Morgan fingerprint density at radius 2 is 1.36 bits per heavy atom. The van der Waals surface area contributed by atoms with Gasteiger partial charge in [-0.3, -0.25) is 9.80 Å². The number of methoxy groups -OCH3 is 3. The van der Waals surface area contributed by atoms with Gasteiger partial charge in [0.25, 0.3) is 0 Å². The summed E-state index contributed by atoms with van der Waals surface area (Å²) in [5.41, 5.74) is 8.15. The zero-order valence-corrected chi connectivity index (χ0v) is 26.5. The second kappa shape index (κ2) is 11.5. The molecule has 0 saturated heterocycles. The van der Waals surface area contributed by atoms with Crippen LogP contribution in [0.2, 0.25) is 0 Å². The van der Waals surface area contributed by atoms with Gasteiger partial charge in [-0.1, -0.05) is 12.1 Å². The smallest absolute Gasteiger partial charge is 0.204 e. The molecule has 2 atom stereocenters. The minimum absolute atomic E-state index is 0.0373. The first kappa shape index (κ1) is 29.3. The Morgan fingerprint density at radius 3 is 2.09 bits per heavy atom. The summed E-state index contributed by atoms with van der Waals surface area (Å²) < 4.78 is 24.4. The molecule has 2 N–H and O–H groups in total. The Kier molecular flexibility index (Phi) is 7.50. The van der Waals surface area contributed by atoms with Crippen LogP contribution in [0.5, 0.6) is 40.2 Å². The van der Waals surface area contributed by atoms with Crippen molar-refractivity contribution in [2.24, 2.45) is 0 Å². The van der Waals surface area contributed by atoms with E-state index in [1.807, 2.05) is 24.3 Å². The molecule has 7 rings (SSSR count). The molecule has 0 saturated carbocycles. The van der Waals surface area contributed by atoms with Gasteiger partial charge in [0.15, 0.2) is 23.0 Å². The van der Waals surface area contributed by atoms with Crippen LogP contribution in [0.4, 0.5) is 0 Å². The molecule has 8 nitrogen and oxygen atoms in total. The molecule has 6 bridgehead atoms. The predicted molar refractivity (Wildman–Crippen MR) is 173 cm³/mol. The molecule has 3 aliphatic heterocycles. The lowest BCUT2D eigenvalue weighted by Gasteiger charge is -2.37. The molecule has 234 valence electrons. The lowest BCUT2D eigenvalue weighted by Crippen LogP contribution is -2.34. The number of hydrogen-bond acceptors (Lipinski definition) is 8. The topological polar surface area (TPSA) is 83.9 Å².